The summed E-state index contributed by atoms with van der Waals surface area (Å²) < 4.78 is 1.00. The van der Waals surface area contributed by atoms with E-state index < -0.39 is 0 Å². The van der Waals surface area contributed by atoms with Gasteiger partial charge in [-0.15, -0.1) is 0 Å². The van der Waals surface area contributed by atoms with Crippen LogP contribution < -0.4 is 15.5 Å². The zero-order chi connectivity index (χ0) is 12.6. The SMILES string of the molecule is CCNC1C(=O)Nc2cc(N(C)C)c(Br)cc21. The van der Waals surface area contributed by atoms with Crippen molar-refractivity contribution in [2.75, 3.05) is 30.9 Å². The number of fused-ring (bicyclic) bond motifs is 1. The summed E-state index contributed by atoms with van der Waals surface area (Å²) in [7, 11) is 3.95. The third kappa shape index (κ3) is 2.17. The highest BCUT2D eigenvalue weighted by atomic mass is 79.9. The lowest BCUT2D eigenvalue weighted by Crippen LogP contribution is -2.27. The van der Waals surface area contributed by atoms with Crippen LogP contribution in [0.15, 0.2) is 16.6 Å². The number of carbonyl (C=O) groups is 1. The van der Waals surface area contributed by atoms with Gasteiger partial charge >= 0.3 is 0 Å². The molecule has 4 nitrogen and oxygen atoms in total. The minimum Gasteiger partial charge on any atom is -0.377 e. The van der Waals surface area contributed by atoms with Crippen molar-refractivity contribution in [1.82, 2.24) is 5.32 Å². The first kappa shape index (κ1) is 12.4. The van der Waals surface area contributed by atoms with E-state index in [0.717, 1.165) is 28.0 Å². The van der Waals surface area contributed by atoms with Gasteiger partial charge in [-0.05, 0) is 34.6 Å². The molecule has 1 aromatic carbocycles. The highest BCUT2D eigenvalue weighted by molar-refractivity contribution is 9.10. The number of amides is 1. The predicted octanol–water partition coefficient (Wildman–Crippen LogP) is 2.12. The van der Waals surface area contributed by atoms with Crippen LogP contribution in [0.2, 0.25) is 0 Å². The molecule has 1 atom stereocenters. The van der Waals surface area contributed by atoms with E-state index >= 15 is 0 Å². The van der Waals surface area contributed by atoms with Crippen molar-refractivity contribution in [3.63, 3.8) is 0 Å². The second-order valence-corrected chi connectivity index (χ2v) is 5.12. The Morgan fingerprint density at radius 3 is 2.76 bits per heavy atom. The van der Waals surface area contributed by atoms with E-state index in [2.05, 4.69) is 26.6 Å². The Hall–Kier alpha value is -1.07. The Bertz CT molecular complexity index is 459. The number of likely N-dealkylation sites (N-methyl/N-ethyl adjacent to an activating group) is 1. The summed E-state index contributed by atoms with van der Waals surface area (Å²) in [6, 6.07) is 3.77. The maximum Gasteiger partial charge on any atom is 0.246 e. The Kier molecular flexibility index (Phi) is 3.40. The van der Waals surface area contributed by atoms with Gasteiger partial charge in [-0.3, -0.25) is 4.79 Å². The van der Waals surface area contributed by atoms with Gasteiger partial charge in [-0.1, -0.05) is 6.92 Å². The molecule has 0 aromatic heterocycles. The van der Waals surface area contributed by atoms with Crippen molar-refractivity contribution < 1.29 is 4.79 Å². The van der Waals surface area contributed by atoms with Crippen LogP contribution >= 0.6 is 15.9 Å². The quantitative estimate of drug-likeness (QED) is 0.898. The van der Waals surface area contributed by atoms with E-state index in [-0.39, 0.29) is 11.9 Å². The number of hydrogen-bond donors (Lipinski definition) is 2. The number of anilines is 2. The van der Waals surface area contributed by atoms with Crippen LogP contribution in [0.1, 0.15) is 18.5 Å². The molecular weight excluding hydrogens is 282 g/mol. The molecule has 92 valence electrons. The van der Waals surface area contributed by atoms with E-state index in [0.29, 0.717) is 0 Å². The lowest BCUT2D eigenvalue weighted by Gasteiger charge is -2.17. The predicted molar refractivity (Wildman–Crippen MR) is 73.5 cm³/mol. The fourth-order valence-corrected chi connectivity index (χ4v) is 2.74. The van der Waals surface area contributed by atoms with Crippen LogP contribution in [-0.4, -0.2) is 26.5 Å². The van der Waals surface area contributed by atoms with Gasteiger partial charge < -0.3 is 15.5 Å². The first-order valence-corrected chi connectivity index (χ1v) is 6.39. The van der Waals surface area contributed by atoms with Crippen molar-refractivity contribution in [2.45, 2.75) is 13.0 Å². The number of nitrogens with zero attached hydrogens (tertiary/aromatic N) is 1. The van der Waals surface area contributed by atoms with Crippen LogP contribution in [0.5, 0.6) is 0 Å². The van der Waals surface area contributed by atoms with Crippen molar-refractivity contribution >= 4 is 33.2 Å². The zero-order valence-electron chi connectivity index (χ0n) is 10.2. The molecule has 5 heteroatoms. The van der Waals surface area contributed by atoms with E-state index in [9.17, 15) is 4.79 Å². The molecule has 1 heterocycles. The summed E-state index contributed by atoms with van der Waals surface area (Å²) in [5.41, 5.74) is 2.96. The van der Waals surface area contributed by atoms with Crippen molar-refractivity contribution in [2.24, 2.45) is 0 Å². The molecule has 0 saturated heterocycles. The van der Waals surface area contributed by atoms with Gasteiger partial charge in [0.25, 0.3) is 0 Å². The molecule has 0 saturated carbocycles. The third-order valence-corrected chi connectivity index (χ3v) is 3.48. The normalized spacial score (nSPS) is 17.9. The number of nitrogens with one attached hydrogen (secondary N) is 2. The summed E-state index contributed by atoms with van der Waals surface area (Å²) in [5.74, 6) is 0.0182. The molecule has 0 radical (unpaired) electrons. The fourth-order valence-electron chi connectivity index (χ4n) is 2.02. The highest BCUT2D eigenvalue weighted by Crippen LogP contribution is 2.38. The average molecular weight is 298 g/mol. The largest absolute Gasteiger partial charge is 0.377 e. The second kappa shape index (κ2) is 4.66. The smallest absolute Gasteiger partial charge is 0.246 e. The van der Waals surface area contributed by atoms with Crippen LogP contribution in [-0.2, 0) is 4.79 Å². The molecule has 0 fully saturated rings. The molecule has 1 aromatic rings. The van der Waals surface area contributed by atoms with Crippen LogP contribution in [0.4, 0.5) is 11.4 Å². The van der Waals surface area contributed by atoms with Crippen LogP contribution in [0.25, 0.3) is 0 Å². The number of halogens is 1. The molecule has 0 aliphatic carbocycles. The topological polar surface area (TPSA) is 44.4 Å². The molecule has 0 spiro atoms. The second-order valence-electron chi connectivity index (χ2n) is 4.27. The van der Waals surface area contributed by atoms with Gasteiger partial charge in [0.1, 0.15) is 6.04 Å². The summed E-state index contributed by atoms with van der Waals surface area (Å²) in [6.07, 6.45) is 0. The summed E-state index contributed by atoms with van der Waals surface area (Å²) in [4.78, 5) is 13.8. The van der Waals surface area contributed by atoms with E-state index in [1.807, 2.05) is 38.1 Å². The van der Waals surface area contributed by atoms with Gasteiger partial charge in [-0.25, -0.2) is 0 Å². The van der Waals surface area contributed by atoms with E-state index in [4.69, 9.17) is 0 Å². The molecule has 2 rings (SSSR count). The zero-order valence-corrected chi connectivity index (χ0v) is 11.8. The summed E-state index contributed by atoms with van der Waals surface area (Å²) >= 11 is 3.54. The minimum absolute atomic E-state index is 0.0182. The third-order valence-electron chi connectivity index (χ3n) is 2.84. The molecule has 0 bridgehead atoms. The lowest BCUT2D eigenvalue weighted by molar-refractivity contribution is -0.117. The summed E-state index contributed by atoms with van der Waals surface area (Å²) in [5, 5.41) is 6.09. The molecule has 1 aliphatic rings. The molecule has 2 N–H and O–H groups in total. The first-order valence-electron chi connectivity index (χ1n) is 5.59. The number of hydrogen-bond acceptors (Lipinski definition) is 3. The first-order chi connectivity index (χ1) is 8.04. The van der Waals surface area contributed by atoms with Crippen LogP contribution in [0, 0.1) is 0 Å². The van der Waals surface area contributed by atoms with Gasteiger partial charge in [0.15, 0.2) is 0 Å². The highest BCUT2D eigenvalue weighted by Gasteiger charge is 2.30. The van der Waals surface area contributed by atoms with E-state index in [1.165, 1.54) is 0 Å². The van der Waals surface area contributed by atoms with Crippen molar-refractivity contribution in [3.8, 4) is 0 Å². The molecule has 17 heavy (non-hydrogen) atoms. The number of benzene rings is 1. The van der Waals surface area contributed by atoms with Gasteiger partial charge in [0.2, 0.25) is 5.91 Å². The molecular formula is C12H16BrN3O. The van der Waals surface area contributed by atoms with E-state index in [1.54, 1.807) is 0 Å². The fraction of sp³-hybridized carbons (Fsp3) is 0.417. The average Bonchev–Trinajstić information content (AvgIpc) is 2.55. The maximum absolute atomic E-state index is 11.8. The van der Waals surface area contributed by atoms with Gasteiger partial charge in [0, 0.05) is 29.8 Å². The Morgan fingerprint density at radius 1 is 1.47 bits per heavy atom. The summed E-state index contributed by atoms with van der Waals surface area (Å²) in [6.45, 7) is 2.76. The Labute approximate surface area is 110 Å². The van der Waals surface area contributed by atoms with Crippen molar-refractivity contribution in [3.05, 3.63) is 22.2 Å². The monoisotopic (exact) mass is 297 g/mol. The molecule has 1 unspecified atom stereocenters. The standard InChI is InChI=1S/C12H16BrN3O/c1-4-14-11-7-5-8(13)10(16(2)3)6-9(7)15-12(11)17/h5-6,11,14H,4H2,1-3H3,(H,15,17). The molecule has 1 amide bonds. The Balaban J connectivity index is 2.44. The van der Waals surface area contributed by atoms with Gasteiger partial charge in [0.05, 0.1) is 5.69 Å². The molecule has 1 aliphatic heterocycles. The number of carbonyl (C=O) groups excluding carboxylic acids is 1. The number of rotatable bonds is 3. The Morgan fingerprint density at radius 2 is 2.18 bits per heavy atom. The van der Waals surface area contributed by atoms with Gasteiger partial charge in [-0.2, -0.15) is 0 Å². The van der Waals surface area contributed by atoms with Crippen LogP contribution in [0.3, 0.4) is 0 Å². The maximum atomic E-state index is 11.8. The van der Waals surface area contributed by atoms with Crippen molar-refractivity contribution in [1.29, 1.82) is 0 Å². The minimum atomic E-state index is -0.234. The lowest BCUT2D eigenvalue weighted by atomic mass is 10.1.